The Hall–Kier alpha value is -0.860. The number of rotatable bonds is 4. The third kappa shape index (κ3) is 2.45. The fourth-order valence-electron chi connectivity index (χ4n) is 3.04. The van der Waals surface area contributed by atoms with Gasteiger partial charge < -0.3 is 10.1 Å². The summed E-state index contributed by atoms with van der Waals surface area (Å²) in [5, 5.41) is 3.66. The molecule has 2 heteroatoms. The summed E-state index contributed by atoms with van der Waals surface area (Å²) in [5.74, 6) is 0.644. The molecule has 1 heterocycles. The Kier molecular flexibility index (Phi) is 3.40. The van der Waals surface area contributed by atoms with Crippen molar-refractivity contribution in [3.8, 4) is 0 Å². The summed E-state index contributed by atoms with van der Waals surface area (Å²) in [4.78, 5) is 0. The molecule has 1 aliphatic heterocycles. The molecule has 3 rings (SSSR count). The zero-order chi connectivity index (χ0) is 12.5. The molecule has 0 spiro atoms. The van der Waals surface area contributed by atoms with Gasteiger partial charge in [0.1, 0.15) is 0 Å². The normalized spacial score (nSPS) is 27.7. The van der Waals surface area contributed by atoms with Gasteiger partial charge in [0.2, 0.25) is 0 Å². The molecule has 1 aromatic rings. The van der Waals surface area contributed by atoms with E-state index < -0.39 is 0 Å². The van der Waals surface area contributed by atoms with Crippen molar-refractivity contribution in [2.75, 3.05) is 13.2 Å². The zero-order valence-corrected chi connectivity index (χ0v) is 11.4. The third-order valence-electron chi connectivity index (χ3n) is 4.29. The molecule has 0 aromatic heterocycles. The number of ether oxygens (including phenoxy) is 1. The van der Waals surface area contributed by atoms with Crippen molar-refractivity contribution in [1.82, 2.24) is 5.32 Å². The second-order valence-corrected chi connectivity index (χ2v) is 5.83. The summed E-state index contributed by atoms with van der Waals surface area (Å²) in [6, 6.07) is 7.34. The average molecular weight is 245 g/mol. The van der Waals surface area contributed by atoms with Crippen LogP contribution in [-0.4, -0.2) is 19.2 Å². The minimum Gasteiger partial charge on any atom is -0.373 e. The molecule has 1 N–H and O–H groups in total. The highest BCUT2D eigenvalue weighted by Crippen LogP contribution is 2.37. The van der Waals surface area contributed by atoms with Crippen LogP contribution in [0.3, 0.4) is 0 Å². The van der Waals surface area contributed by atoms with Crippen LogP contribution in [0.25, 0.3) is 0 Å². The van der Waals surface area contributed by atoms with Crippen molar-refractivity contribution in [2.45, 2.75) is 45.3 Å². The molecule has 0 radical (unpaired) electrons. The lowest BCUT2D eigenvalue weighted by atomic mass is 9.89. The van der Waals surface area contributed by atoms with Gasteiger partial charge in [-0.15, -0.1) is 0 Å². The molecule has 0 bridgehead atoms. The maximum absolute atomic E-state index is 6.03. The van der Waals surface area contributed by atoms with Gasteiger partial charge >= 0.3 is 0 Å². The quantitative estimate of drug-likeness (QED) is 0.880. The molecular weight excluding hydrogens is 222 g/mol. The van der Waals surface area contributed by atoms with Crippen molar-refractivity contribution < 1.29 is 4.74 Å². The van der Waals surface area contributed by atoms with Gasteiger partial charge in [-0.25, -0.2) is 0 Å². The van der Waals surface area contributed by atoms with E-state index in [0.29, 0.717) is 12.0 Å². The molecule has 0 amide bonds. The van der Waals surface area contributed by atoms with E-state index in [1.54, 1.807) is 0 Å². The zero-order valence-electron chi connectivity index (χ0n) is 11.4. The first kappa shape index (κ1) is 12.2. The molecule has 2 aliphatic rings. The van der Waals surface area contributed by atoms with Crippen LogP contribution in [0.15, 0.2) is 18.2 Å². The summed E-state index contributed by atoms with van der Waals surface area (Å²) < 4.78 is 6.03. The second kappa shape index (κ2) is 5.02. The van der Waals surface area contributed by atoms with Crippen LogP contribution >= 0.6 is 0 Å². The molecule has 2 fully saturated rings. The van der Waals surface area contributed by atoms with Crippen LogP contribution < -0.4 is 5.32 Å². The van der Waals surface area contributed by atoms with Gasteiger partial charge in [-0.3, -0.25) is 0 Å². The minimum atomic E-state index is 0.303. The first-order valence-corrected chi connectivity index (χ1v) is 7.17. The number of nitrogens with one attached hydrogen (secondary N) is 1. The lowest BCUT2D eigenvalue weighted by molar-refractivity contribution is 0.0894. The van der Waals surface area contributed by atoms with E-state index in [9.17, 15) is 0 Å². The van der Waals surface area contributed by atoms with Crippen LogP contribution in [-0.2, 0) is 4.74 Å². The molecule has 1 aliphatic carbocycles. The number of benzene rings is 1. The van der Waals surface area contributed by atoms with E-state index in [-0.39, 0.29) is 0 Å². The highest BCUT2D eigenvalue weighted by molar-refractivity contribution is 5.36. The first-order chi connectivity index (χ1) is 8.75. The Morgan fingerprint density at radius 3 is 2.56 bits per heavy atom. The Labute approximate surface area is 110 Å². The van der Waals surface area contributed by atoms with Gasteiger partial charge in [-0.1, -0.05) is 18.2 Å². The van der Waals surface area contributed by atoms with Crippen molar-refractivity contribution in [2.24, 2.45) is 5.92 Å². The van der Waals surface area contributed by atoms with Crippen molar-refractivity contribution >= 4 is 0 Å². The van der Waals surface area contributed by atoms with Crippen molar-refractivity contribution in [3.63, 3.8) is 0 Å². The molecule has 2 nitrogen and oxygen atoms in total. The molecule has 2 unspecified atom stereocenters. The van der Waals surface area contributed by atoms with Gasteiger partial charge in [-0.05, 0) is 49.8 Å². The van der Waals surface area contributed by atoms with E-state index in [0.717, 1.165) is 19.2 Å². The lowest BCUT2D eigenvalue weighted by Crippen LogP contribution is -2.27. The van der Waals surface area contributed by atoms with Gasteiger partial charge in [0.15, 0.2) is 0 Å². The summed E-state index contributed by atoms with van der Waals surface area (Å²) in [7, 11) is 0. The number of aryl methyl sites for hydroxylation is 2. The molecule has 1 saturated carbocycles. The van der Waals surface area contributed by atoms with E-state index in [4.69, 9.17) is 4.74 Å². The van der Waals surface area contributed by atoms with Crippen LogP contribution in [0.1, 0.15) is 42.1 Å². The number of hydrogen-bond donors (Lipinski definition) is 1. The van der Waals surface area contributed by atoms with Gasteiger partial charge in [0, 0.05) is 25.1 Å². The summed E-state index contributed by atoms with van der Waals surface area (Å²) in [5.41, 5.74) is 4.18. The highest BCUT2D eigenvalue weighted by atomic mass is 16.5. The van der Waals surface area contributed by atoms with Crippen LogP contribution in [0.2, 0.25) is 0 Å². The Morgan fingerprint density at radius 1 is 1.17 bits per heavy atom. The molecular formula is C16H23NO. The fraction of sp³-hybridized carbons (Fsp3) is 0.625. The van der Waals surface area contributed by atoms with E-state index in [2.05, 4.69) is 37.4 Å². The predicted molar refractivity (Wildman–Crippen MR) is 73.7 cm³/mol. The maximum Gasteiger partial charge on any atom is 0.0871 e. The molecule has 2 atom stereocenters. The Bertz CT molecular complexity index is 405. The van der Waals surface area contributed by atoms with Crippen LogP contribution in [0.4, 0.5) is 0 Å². The Morgan fingerprint density at radius 2 is 1.89 bits per heavy atom. The standard InChI is InChI=1S/C16H23NO/c1-11-4-3-5-12(2)15(11)16-13(8-9-18-16)10-17-14-6-7-14/h3-5,13-14,16-17H,6-10H2,1-2H3. The summed E-state index contributed by atoms with van der Waals surface area (Å²) in [6.45, 7) is 6.43. The van der Waals surface area contributed by atoms with Crippen LogP contribution in [0.5, 0.6) is 0 Å². The minimum absolute atomic E-state index is 0.303. The SMILES string of the molecule is Cc1cccc(C)c1C1OCCC1CNC1CC1. The van der Waals surface area contributed by atoms with Gasteiger partial charge in [-0.2, -0.15) is 0 Å². The van der Waals surface area contributed by atoms with E-state index in [1.807, 2.05) is 0 Å². The topological polar surface area (TPSA) is 21.3 Å². The second-order valence-electron chi connectivity index (χ2n) is 5.83. The van der Waals surface area contributed by atoms with E-state index in [1.165, 1.54) is 36.0 Å². The van der Waals surface area contributed by atoms with E-state index >= 15 is 0 Å². The molecule has 18 heavy (non-hydrogen) atoms. The van der Waals surface area contributed by atoms with Gasteiger partial charge in [0.05, 0.1) is 6.10 Å². The summed E-state index contributed by atoms with van der Waals surface area (Å²) in [6.07, 6.45) is 4.22. The highest BCUT2D eigenvalue weighted by Gasteiger charge is 2.32. The third-order valence-corrected chi connectivity index (χ3v) is 4.29. The molecule has 1 saturated heterocycles. The lowest BCUT2D eigenvalue weighted by Gasteiger charge is -2.23. The molecule has 1 aromatic carbocycles. The summed E-state index contributed by atoms with van der Waals surface area (Å²) >= 11 is 0. The number of hydrogen-bond acceptors (Lipinski definition) is 2. The van der Waals surface area contributed by atoms with Crippen LogP contribution in [0, 0.1) is 19.8 Å². The maximum atomic E-state index is 6.03. The first-order valence-electron chi connectivity index (χ1n) is 7.17. The van der Waals surface area contributed by atoms with Gasteiger partial charge in [0.25, 0.3) is 0 Å². The molecule has 98 valence electrons. The smallest absolute Gasteiger partial charge is 0.0871 e. The predicted octanol–water partition coefficient (Wildman–Crippen LogP) is 3.13. The largest absolute Gasteiger partial charge is 0.373 e. The van der Waals surface area contributed by atoms with Crippen molar-refractivity contribution in [1.29, 1.82) is 0 Å². The monoisotopic (exact) mass is 245 g/mol. The Balaban J connectivity index is 1.76. The van der Waals surface area contributed by atoms with Crippen molar-refractivity contribution in [3.05, 3.63) is 34.9 Å². The fourth-order valence-corrected chi connectivity index (χ4v) is 3.04. The average Bonchev–Trinajstić information content (AvgIpc) is 3.06.